The van der Waals surface area contributed by atoms with Crippen molar-refractivity contribution in [2.24, 2.45) is 0 Å². The largest absolute Gasteiger partial charge is 0.542 e. The molecule has 0 aliphatic heterocycles. The molecular weight excluding hydrogens is 232 g/mol. The second-order valence-corrected chi connectivity index (χ2v) is 9.28. The molecule has 0 aliphatic carbocycles. The minimum absolute atomic E-state index is 0.0720. The summed E-state index contributed by atoms with van der Waals surface area (Å²) in [6.45, 7) is 9.91. The molecule has 1 aromatic rings. The normalized spacial score (nSPS) is 11.1. The van der Waals surface area contributed by atoms with Gasteiger partial charge in [0.2, 0.25) is 8.32 Å². The van der Waals surface area contributed by atoms with E-state index < -0.39 is 8.32 Å². The molecule has 0 spiro atoms. The molecule has 0 aliphatic rings. The predicted molar refractivity (Wildman–Crippen MR) is 72.5 cm³/mol. The van der Waals surface area contributed by atoms with Gasteiger partial charge in [-0.25, -0.2) is 0 Å². The second-order valence-electron chi connectivity index (χ2n) is 4.85. The lowest BCUT2D eigenvalue weighted by Crippen LogP contribution is -2.29. The number of allylic oxidation sites excluding steroid dienone is 1. The fourth-order valence-corrected chi connectivity index (χ4v) is 2.30. The number of methoxy groups -OCH3 is 1. The third-order valence-electron chi connectivity index (χ3n) is 2.12. The standard InChI is InChI=1S/C13H20O3Si/c1-6-7-10-8-11(15-2)13(14)12(9-10)16-17(3,4)5/h6,8-9,14H,1,7H2,2-5H3. The Balaban J connectivity index is 3.17. The monoisotopic (exact) mass is 252 g/mol. The zero-order chi connectivity index (χ0) is 13.1. The Morgan fingerprint density at radius 2 is 1.88 bits per heavy atom. The molecule has 4 heteroatoms. The molecule has 1 N–H and O–H groups in total. The lowest BCUT2D eigenvalue weighted by molar-refractivity contribution is 0.361. The summed E-state index contributed by atoms with van der Waals surface area (Å²) < 4.78 is 11.0. The highest BCUT2D eigenvalue weighted by Crippen LogP contribution is 2.38. The van der Waals surface area contributed by atoms with Gasteiger partial charge in [0.05, 0.1) is 7.11 Å². The molecule has 0 fully saturated rings. The van der Waals surface area contributed by atoms with Crippen molar-refractivity contribution in [3.05, 3.63) is 30.4 Å². The molecule has 0 saturated heterocycles. The Labute approximate surface area is 104 Å². The Morgan fingerprint density at radius 1 is 1.29 bits per heavy atom. The average molecular weight is 252 g/mol. The summed E-state index contributed by atoms with van der Waals surface area (Å²) in [5, 5.41) is 9.99. The van der Waals surface area contributed by atoms with Crippen LogP contribution in [0.25, 0.3) is 0 Å². The highest BCUT2D eigenvalue weighted by Gasteiger charge is 2.20. The zero-order valence-electron chi connectivity index (χ0n) is 10.9. The van der Waals surface area contributed by atoms with Crippen molar-refractivity contribution < 1.29 is 14.3 Å². The van der Waals surface area contributed by atoms with Gasteiger partial charge in [-0.1, -0.05) is 6.08 Å². The molecule has 0 bridgehead atoms. The van der Waals surface area contributed by atoms with Gasteiger partial charge in [-0.05, 0) is 43.8 Å². The summed E-state index contributed by atoms with van der Waals surface area (Å²) >= 11 is 0. The predicted octanol–water partition coefficient (Wildman–Crippen LogP) is 3.34. The summed E-state index contributed by atoms with van der Waals surface area (Å²) in [5.74, 6) is 1.01. The van der Waals surface area contributed by atoms with Crippen LogP contribution in [0.1, 0.15) is 5.56 Å². The number of hydrogen-bond donors (Lipinski definition) is 1. The minimum Gasteiger partial charge on any atom is -0.542 e. The van der Waals surface area contributed by atoms with E-state index in [9.17, 15) is 5.11 Å². The fourth-order valence-electron chi connectivity index (χ4n) is 1.48. The van der Waals surface area contributed by atoms with E-state index in [1.54, 1.807) is 6.07 Å². The van der Waals surface area contributed by atoms with Crippen LogP contribution in [0.4, 0.5) is 0 Å². The number of benzene rings is 1. The zero-order valence-corrected chi connectivity index (χ0v) is 11.9. The molecule has 1 aromatic carbocycles. The van der Waals surface area contributed by atoms with Crippen LogP contribution in [0.2, 0.25) is 19.6 Å². The molecule has 0 heterocycles. The molecule has 3 nitrogen and oxygen atoms in total. The van der Waals surface area contributed by atoms with Crippen molar-refractivity contribution in [2.75, 3.05) is 7.11 Å². The van der Waals surface area contributed by atoms with E-state index >= 15 is 0 Å². The highest BCUT2D eigenvalue weighted by molar-refractivity contribution is 6.70. The van der Waals surface area contributed by atoms with E-state index in [-0.39, 0.29) is 5.75 Å². The van der Waals surface area contributed by atoms with Crippen molar-refractivity contribution in [1.82, 2.24) is 0 Å². The fraction of sp³-hybridized carbons (Fsp3) is 0.385. The van der Waals surface area contributed by atoms with E-state index in [1.807, 2.05) is 12.1 Å². The number of aromatic hydroxyl groups is 1. The summed E-state index contributed by atoms with van der Waals surface area (Å²) in [5.41, 5.74) is 1.02. The van der Waals surface area contributed by atoms with Gasteiger partial charge < -0.3 is 14.3 Å². The van der Waals surface area contributed by atoms with Gasteiger partial charge in [-0.2, -0.15) is 0 Å². The molecular formula is C13H20O3Si. The maximum atomic E-state index is 9.99. The molecule has 17 heavy (non-hydrogen) atoms. The van der Waals surface area contributed by atoms with Gasteiger partial charge in [-0.15, -0.1) is 6.58 Å². The van der Waals surface area contributed by atoms with E-state index in [0.717, 1.165) is 12.0 Å². The van der Waals surface area contributed by atoms with Crippen molar-refractivity contribution >= 4 is 8.32 Å². The van der Waals surface area contributed by atoms with Crippen LogP contribution >= 0.6 is 0 Å². The quantitative estimate of drug-likeness (QED) is 0.645. The molecule has 1 rings (SSSR count). The Morgan fingerprint density at radius 3 is 2.35 bits per heavy atom. The minimum atomic E-state index is -1.75. The summed E-state index contributed by atoms with van der Waals surface area (Å²) in [6.07, 6.45) is 2.53. The number of rotatable bonds is 5. The van der Waals surface area contributed by atoms with Crippen molar-refractivity contribution in [3.8, 4) is 17.2 Å². The van der Waals surface area contributed by atoms with Crippen LogP contribution in [0.15, 0.2) is 24.8 Å². The molecule has 0 unspecified atom stereocenters. The summed E-state index contributed by atoms with van der Waals surface area (Å²) in [6, 6.07) is 3.64. The lowest BCUT2D eigenvalue weighted by atomic mass is 10.1. The van der Waals surface area contributed by atoms with E-state index in [2.05, 4.69) is 26.2 Å². The molecule has 0 atom stereocenters. The van der Waals surface area contributed by atoms with Gasteiger partial charge in [0.25, 0.3) is 0 Å². The van der Waals surface area contributed by atoms with E-state index in [0.29, 0.717) is 11.5 Å². The van der Waals surface area contributed by atoms with Crippen molar-refractivity contribution in [1.29, 1.82) is 0 Å². The van der Waals surface area contributed by atoms with Crippen LogP contribution in [-0.2, 0) is 6.42 Å². The first-order chi connectivity index (χ1) is 7.87. The number of ether oxygens (including phenoxy) is 1. The van der Waals surface area contributed by atoms with Crippen LogP contribution < -0.4 is 9.16 Å². The van der Waals surface area contributed by atoms with Gasteiger partial charge in [0.15, 0.2) is 17.2 Å². The number of phenolic OH excluding ortho intramolecular Hbond substituents is 1. The van der Waals surface area contributed by atoms with E-state index in [4.69, 9.17) is 9.16 Å². The lowest BCUT2D eigenvalue weighted by Gasteiger charge is -2.21. The average Bonchev–Trinajstić information content (AvgIpc) is 2.21. The van der Waals surface area contributed by atoms with Gasteiger partial charge in [-0.3, -0.25) is 0 Å². The third-order valence-corrected chi connectivity index (χ3v) is 2.95. The molecule has 0 aromatic heterocycles. The first-order valence-corrected chi connectivity index (χ1v) is 8.98. The van der Waals surface area contributed by atoms with Crippen LogP contribution in [0, 0.1) is 0 Å². The van der Waals surface area contributed by atoms with Crippen LogP contribution in [-0.4, -0.2) is 20.5 Å². The maximum absolute atomic E-state index is 9.99. The maximum Gasteiger partial charge on any atom is 0.242 e. The summed E-state index contributed by atoms with van der Waals surface area (Å²) in [4.78, 5) is 0. The Kier molecular flexibility index (Phi) is 4.23. The molecule has 94 valence electrons. The van der Waals surface area contributed by atoms with Gasteiger partial charge in [0, 0.05) is 0 Å². The molecule has 0 amide bonds. The topological polar surface area (TPSA) is 38.7 Å². The first-order valence-electron chi connectivity index (χ1n) is 5.57. The smallest absolute Gasteiger partial charge is 0.242 e. The molecule has 0 radical (unpaired) electrons. The van der Waals surface area contributed by atoms with Crippen molar-refractivity contribution in [3.63, 3.8) is 0 Å². The Hall–Kier alpha value is -1.42. The van der Waals surface area contributed by atoms with Crippen molar-refractivity contribution in [2.45, 2.75) is 26.1 Å². The third kappa shape index (κ3) is 3.82. The number of hydrogen-bond acceptors (Lipinski definition) is 3. The first kappa shape index (κ1) is 13.6. The molecule has 0 saturated carbocycles. The van der Waals surface area contributed by atoms with Gasteiger partial charge in [0.1, 0.15) is 0 Å². The van der Waals surface area contributed by atoms with E-state index in [1.165, 1.54) is 7.11 Å². The highest BCUT2D eigenvalue weighted by atomic mass is 28.4. The van der Waals surface area contributed by atoms with Gasteiger partial charge >= 0.3 is 0 Å². The van der Waals surface area contributed by atoms with Crippen LogP contribution in [0.5, 0.6) is 17.2 Å². The number of phenols is 1. The Bertz CT molecular complexity index is 408. The second kappa shape index (κ2) is 5.27. The summed E-state index contributed by atoms with van der Waals surface area (Å²) in [7, 11) is -0.220. The SMILES string of the molecule is C=CCc1cc(OC)c(O)c(O[Si](C)(C)C)c1. The van der Waals surface area contributed by atoms with Crippen LogP contribution in [0.3, 0.4) is 0 Å².